The van der Waals surface area contributed by atoms with E-state index in [1.807, 2.05) is 49.9 Å². The summed E-state index contributed by atoms with van der Waals surface area (Å²) in [7, 11) is 0. The van der Waals surface area contributed by atoms with Gasteiger partial charge in [-0.2, -0.15) is 0 Å². The third kappa shape index (κ3) is 3.76. The molecule has 2 atom stereocenters. The summed E-state index contributed by atoms with van der Waals surface area (Å²) >= 11 is 0. The molecule has 2 saturated heterocycles. The number of hydrogen-bond acceptors (Lipinski definition) is 7. The number of aromatic amines is 1. The van der Waals surface area contributed by atoms with Gasteiger partial charge in [-0.3, -0.25) is 5.32 Å². The SMILES string of the molecule is CC1(c2ncc(-c3c[nH]c4ncc(N5CCOCC5)cc34)cn2)NC[C@@H](c2ccccc2)O1. The number of pyridine rings is 1. The Bertz CT molecular complexity index is 1250. The summed E-state index contributed by atoms with van der Waals surface area (Å²) in [4.78, 5) is 19.5. The monoisotopic (exact) mass is 442 g/mol. The van der Waals surface area contributed by atoms with Crippen molar-refractivity contribution in [2.24, 2.45) is 0 Å². The fraction of sp³-hybridized carbons (Fsp3) is 0.320. The Balaban J connectivity index is 1.26. The van der Waals surface area contributed by atoms with Crippen LogP contribution in [0.2, 0.25) is 0 Å². The molecule has 0 aliphatic carbocycles. The summed E-state index contributed by atoms with van der Waals surface area (Å²) in [5.41, 5.74) is 4.34. The molecule has 0 saturated carbocycles. The van der Waals surface area contributed by atoms with Gasteiger partial charge in [0.25, 0.3) is 0 Å². The Morgan fingerprint density at radius 3 is 2.61 bits per heavy atom. The van der Waals surface area contributed by atoms with Gasteiger partial charge in [-0.05, 0) is 18.6 Å². The molecule has 2 N–H and O–H groups in total. The topological polar surface area (TPSA) is 88.2 Å². The van der Waals surface area contributed by atoms with Gasteiger partial charge in [-0.25, -0.2) is 15.0 Å². The lowest BCUT2D eigenvalue weighted by Crippen LogP contribution is -2.36. The Kier molecular flexibility index (Phi) is 5.05. The number of ether oxygens (including phenoxy) is 2. The molecule has 8 heteroatoms. The molecular formula is C25H26N6O2. The molecule has 0 spiro atoms. The number of benzene rings is 1. The summed E-state index contributed by atoms with van der Waals surface area (Å²) in [6.07, 6.45) is 7.58. The average molecular weight is 443 g/mol. The summed E-state index contributed by atoms with van der Waals surface area (Å²) < 4.78 is 11.8. The van der Waals surface area contributed by atoms with Crippen molar-refractivity contribution >= 4 is 16.7 Å². The van der Waals surface area contributed by atoms with Crippen LogP contribution in [0.25, 0.3) is 22.2 Å². The van der Waals surface area contributed by atoms with Gasteiger partial charge in [0.2, 0.25) is 0 Å². The molecule has 3 aromatic heterocycles. The third-order valence-electron chi connectivity index (χ3n) is 6.46. The van der Waals surface area contributed by atoms with Crippen molar-refractivity contribution in [3.63, 3.8) is 0 Å². The summed E-state index contributed by atoms with van der Waals surface area (Å²) in [6, 6.07) is 12.4. The van der Waals surface area contributed by atoms with Crippen LogP contribution in [-0.2, 0) is 15.2 Å². The molecule has 0 radical (unpaired) electrons. The summed E-state index contributed by atoms with van der Waals surface area (Å²) in [6.45, 7) is 5.93. The van der Waals surface area contributed by atoms with Crippen molar-refractivity contribution in [2.45, 2.75) is 18.8 Å². The second-order valence-corrected chi connectivity index (χ2v) is 8.62. The predicted octanol–water partition coefficient (Wildman–Crippen LogP) is 3.39. The van der Waals surface area contributed by atoms with E-state index in [1.54, 1.807) is 0 Å². The van der Waals surface area contributed by atoms with Gasteiger partial charge >= 0.3 is 0 Å². The molecule has 2 aliphatic heterocycles. The fourth-order valence-corrected chi connectivity index (χ4v) is 4.58. The van der Waals surface area contributed by atoms with E-state index in [9.17, 15) is 0 Å². The summed E-state index contributed by atoms with van der Waals surface area (Å²) in [5, 5.41) is 4.50. The first-order valence-corrected chi connectivity index (χ1v) is 11.3. The number of hydrogen-bond donors (Lipinski definition) is 2. The molecule has 5 heterocycles. The van der Waals surface area contributed by atoms with E-state index in [1.165, 1.54) is 0 Å². The van der Waals surface area contributed by atoms with E-state index in [4.69, 9.17) is 9.47 Å². The maximum Gasteiger partial charge on any atom is 0.177 e. The molecule has 1 unspecified atom stereocenters. The van der Waals surface area contributed by atoms with E-state index >= 15 is 0 Å². The summed E-state index contributed by atoms with van der Waals surface area (Å²) in [5.74, 6) is 0.622. The standard InChI is InChI=1S/C25H26N6O2/c1-25(30-16-22(33-25)17-5-3-2-4-6-17)24-28-12-18(13-29-24)21-15-27-23-20(21)11-19(14-26-23)31-7-9-32-10-8-31/h2-6,11-15,22,30H,7-10,16H2,1H3,(H,26,27)/t22-,25?/m0/s1. The third-order valence-corrected chi connectivity index (χ3v) is 6.46. The number of rotatable bonds is 4. The molecule has 33 heavy (non-hydrogen) atoms. The van der Waals surface area contributed by atoms with Crippen LogP contribution in [-0.4, -0.2) is 52.8 Å². The number of nitrogens with zero attached hydrogens (tertiary/aromatic N) is 4. The molecule has 168 valence electrons. The highest BCUT2D eigenvalue weighted by atomic mass is 16.5. The quantitative estimate of drug-likeness (QED) is 0.501. The largest absolute Gasteiger partial charge is 0.378 e. The Morgan fingerprint density at radius 2 is 1.82 bits per heavy atom. The molecular weight excluding hydrogens is 416 g/mol. The van der Waals surface area contributed by atoms with Crippen molar-refractivity contribution in [1.29, 1.82) is 0 Å². The van der Waals surface area contributed by atoms with E-state index in [-0.39, 0.29) is 6.10 Å². The van der Waals surface area contributed by atoms with E-state index in [0.29, 0.717) is 12.4 Å². The Hall–Kier alpha value is -3.33. The molecule has 0 amide bonds. The highest BCUT2D eigenvalue weighted by Crippen LogP contribution is 2.35. The van der Waals surface area contributed by atoms with Gasteiger partial charge in [-0.1, -0.05) is 30.3 Å². The van der Waals surface area contributed by atoms with Gasteiger partial charge in [0.1, 0.15) is 5.65 Å². The van der Waals surface area contributed by atoms with Gasteiger partial charge < -0.3 is 19.4 Å². The minimum Gasteiger partial charge on any atom is -0.378 e. The van der Waals surface area contributed by atoms with E-state index in [2.05, 4.69) is 48.4 Å². The Labute approximate surface area is 192 Å². The van der Waals surface area contributed by atoms with Crippen LogP contribution in [0.15, 0.2) is 61.2 Å². The zero-order valence-corrected chi connectivity index (χ0v) is 18.5. The second-order valence-electron chi connectivity index (χ2n) is 8.62. The van der Waals surface area contributed by atoms with Crippen molar-refractivity contribution in [3.8, 4) is 11.1 Å². The maximum absolute atomic E-state index is 6.34. The van der Waals surface area contributed by atoms with Crippen molar-refractivity contribution in [1.82, 2.24) is 25.3 Å². The van der Waals surface area contributed by atoms with Crippen LogP contribution in [0.5, 0.6) is 0 Å². The molecule has 8 nitrogen and oxygen atoms in total. The normalized spacial score (nSPS) is 23.3. The van der Waals surface area contributed by atoms with E-state index < -0.39 is 5.72 Å². The van der Waals surface area contributed by atoms with E-state index in [0.717, 1.165) is 59.7 Å². The lowest BCUT2D eigenvalue weighted by atomic mass is 10.1. The minimum atomic E-state index is -0.732. The molecule has 6 rings (SSSR count). The smallest absolute Gasteiger partial charge is 0.177 e. The first kappa shape index (κ1) is 20.3. The molecule has 0 bridgehead atoms. The van der Waals surface area contributed by atoms with Gasteiger partial charge in [0.15, 0.2) is 11.5 Å². The van der Waals surface area contributed by atoms with Crippen molar-refractivity contribution in [3.05, 3.63) is 72.6 Å². The fourth-order valence-electron chi connectivity index (χ4n) is 4.58. The number of H-pyrrole nitrogens is 1. The number of fused-ring (bicyclic) bond motifs is 1. The number of nitrogens with one attached hydrogen (secondary N) is 2. The Morgan fingerprint density at radius 1 is 1.03 bits per heavy atom. The molecule has 2 aliphatic rings. The zero-order chi connectivity index (χ0) is 22.3. The van der Waals surface area contributed by atoms with Crippen LogP contribution in [0.4, 0.5) is 5.69 Å². The highest BCUT2D eigenvalue weighted by Gasteiger charge is 2.40. The zero-order valence-electron chi connectivity index (χ0n) is 18.5. The van der Waals surface area contributed by atoms with Crippen LogP contribution < -0.4 is 10.2 Å². The van der Waals surface area contributed by atoms with Crippen LogP contribution in [0.3, 0.4) is 0 Å². The molecule has 4 aromatic rings. The number of morpholine rings is 1. The van der Waals surface area contributed by atoms with Crippen molar-refractivity contribution < 1.29 is 9.47 Å². The lowest BCUT2D eigenvalue weighted by molar-refractivity contribution is -0.0488. The first-order chi connectivity index (χ1) is 16.2. The van der Waals surface area contributed by atoms with Crippen LogP contribution in [0.1, 0.15) is 24.4 Å². The van der Waals surface area contributed by atoms with Gasteiger partial charge in [-0.15, -0.1) is 0 Å². The first-order valence-electron chi connectivity index (χ1n) is 11.3. The lowest BCUT2D eigenvalue weighted by Gasteiger charge is -2.28. The maximum atomic E-state index is 6.34. The van der Waals surface area contributed by atoms with Gasteiger partial charge in [0.05, 0.1) is 31.2 Å². The minimum absolute atomic E-state index is 0.0298. The molecule has 2 fully saturated rings. The average Bonchev–Trinajstić information content (AvgIpc) is 3.49. The number of aromatic nitrogens is 4. The van der Waals surface area contributed by atoms with Crippen LogP contribution >= 0.6 is 0 Å². The predicted molar refractivity (Wildman–Crippen MR) is 126 cm³/mol. The molecule has 1 aromatic carbocycles. The second kappa shape index (κ2) is 8.22. The van der Waals surface area contributed by atoms with Crippen molar-refractivity contribution in [2.75, 3.05) is 37.7 Å². The van der Waals surface area contributed by atoms with Gasteiger partial charge in [0, 0.05) is 54.7 Å². The highest BCUT2D eigenvalue weighted by molar-refractivity contribution is 5.94. The van der Waals surface area contributed by atoms with Crippen LogP contribution in [0, 0.1) is 0 Å². The number of anilines is 1.